The van der Waals surface area contributed by atoms with Crippen LogP contribution in [-0.4, -0.2) is 41.2 Å². The summed E-state index contributed by atoms with van der Waals surface area (Å²) in [7, 11) is 0. The fourth-order valence-electron chi connectivity index (χ4n) is 5.12. The molecule has 2 heterocycles. The zero-order chi connectivity index (χ0) is 25.1. The highest BCUT2D eigenvalue weighted by Crippen LogP contribution is 2.33. The number of carbonyl (C=O) groups is 3. The number of hydrogen-bond donors (Lipinski definition) is 1. The van der Waals surface area contributed by atoms with Crippen molar-refractivity contribution in [3.63, 3.8) is 0 Å². The first kappa shape index (κ1) is 23.8. The van der Waals surface area contributed by atoms with Crippen LogP contribution in [0.4, 0.5) is 5.69 Å². The standard InChI is InChI=1S/C30H31N3O3/c1-21(13-14-22-8-3-2-4-9-22)31-28(34)24-17-15-23(16-18-24)20-33-26-11-6-5-10-25(26)29(35)32-19-7-12-27(32)30(33)36/h2-6,8-11,15-18,21,27H,7,12-14,19-20H2,1H3,(H,31,34)/t21-,27-/m0/s1. The van der Waals surface area contributed by atoms with E-state index >= 15 is 0 Å². The lowest BCUT2D eigenvalue weighted by atomic mass is 10.1. The van der Waals surface area contributed by atoms with Crippen molar-refractivity contribution in [1.29, 1.82) is 0 Å². The molecule has 2 aliphatic rings. The van der Waals surface area contributed by atoms with Crippen molar-refractivity contribution >= 4 is 23.4 Å². The van der Waals surface area contributed by atoms with Crippen molar-refractivity contribution in [3.05, 3.63) is 101 Å². The zero-order valence-electron chi connectivity index (χ0n) is 20.5. The summed E-state index contributed by atoms with van der Waals surface area (Å²) < 4.78 is 0. The van der Waals surface area contributed by atoms with Gasteiger partial charge in [0.1, 0.15) is 6.04 Å². The van der Waals surface area contributed by atoms with E-state index in [1.165, 1.54) is 5.56 Å². The smallest absolute Gasteiger partial charge is 0.256 e. The minimum Gasteiger partial charge on any atom is -0.350 e. The Labute approximate surface area is 211 Å². The number of anilines is 1. The van der Waals surface area contributed by atoms with Crippen LogP contribution in [0.15, 0.2) is 78.9 Å². The Balaban J connectivity index is 1.26. The summed E-state index contributed by atoms with van der Waals surface area (Å²) >= 11 is 0. The molecule has 0 unspecified atom stereocenters. The van der Waals surface area contributed by atoms with Crippen molar-refractivity contribution < 1.29 is 14.4 Å². The Hall–Kier alpha value is -3.93. The van der Waals surface area contributed by atoms with E-state index in [1.54, 1.807) is 28.0 Å². The summed E-state index contributed by atoms with van der Waals surface area (Å²) in [4.78, 5) is 42.8. The van der Waals surface area contributed by atoms with E-state index in [1.807, 2.05) is 55.5 Å². The lowest BCUT2D eigenvalue weighted by Gasteiger charge is -2.26. The first-order chi connectivity index (χ1) is 17.5. The van der Waals surface area contributed by atoms with Crippen LogP contribution in [0.1, 0.15) is 58.0 Å². The number of amides is 3. The monoisotopic (exact) mass is 481 g/mol. The Kier molecular flexibility index (Phi) is 6.85. The predicted octanol–water partition coefficient (Wildman–Crippen LogP) is 4.59. The van der Waals surface area contributed by atoms with Gasteiger partial charge in [-0.15, -0.1) is 0 Å². The number of carbonyl (C=O) groups excluding carboxylic acids is 3. The van der Waals surface area contributed by atoms with Crippen molar-refractivity contribution in [3.8, 4) is 0 Å². The molecule has 5 rings (SSSR count). The third kappa shape index (κ3) is 4.89. The molecule has 0 saturated carbocycles. The summed E-state index contributed by atoms with van der Waals surface area (Å²) in [6.45, 7) is 2.99. The molecule has 2 atom stereocenters. The number of nitrogens with one attached hydrogen (secondary N) is 1. The first-order valence-electron chi connectivity index (χ1n) is 12.7. The van der Waals surface area contributed by atoms with E-state index in [2.05, 4.69) is 17.4 Å². The van der Waals surface area contributed by atoms with Crippen LogP contribution in [-0.2, 0) is 17.8 Å². The number of nitrogens with zero attached hydrogens (tertiary/aromatic N) is 2. The fraction of sp³-hybridized carbons (Fsp3) is 0.300. The summed E-state index contributed by atoms with van der Waals surface area (Å²) in [5.41, 5.74) is 3.97. The molecule has 36 heavy (non-hydrogen) atoms. The third-order valence-corrected chi connectivity index (χ3v) is 7.13. The second-order valence-electron chi connectivity index (χ2n) is 9.69. The van der Waals surface area contributed by atoms with Gasteiger partial charge in [-0.25, -0.2) is 0 Å². The number of para-hydroxylation sites is 1. The van der Waals surface area contributed by atoms with E-state index < -0.39 is 6.04 Å². The molecule has 2 aliphatic heterocycles. The molecule has 0 bridgehead atoms. The summed E-state index contributed by atoms with van der Waals surface area (Å²) in [5.74, 6) is -0.220. The van der Waals surface area contributed by atoms with Crippen LogP contribution < -0.4 is 10.2 Å². The van der Waals surface area contributed by atoms with Crippen molar-refractivity contribution in [2.24, 2.45) is 0 Å². The third-order valence-electron chi connectivity index (χ3n) is 7.13. The quantitative estimate of drug-likeness (QED) is 0.537. The Morgan fingerprint density at radius 1 is 0.944 bits per heavy atom. The molecule has 6 heteroatoms. The maximum Gasteiger partial charge on any atom is 0.256 e. The fourth-order valence-corrected chi connectivity index (χ4v) is 5.12. The Morgan fingerprint density at radius 2 is 1.67 bits per heavy atom. The van der Waals surface area contributed by atoms with Crippen LogP contribution in [0.3, 0.4) is 0 Å². The highest BCUT2D eigenvalue weighted by Gasteiger charge is 2.41. The molecule has 1 saturated heterocycles. The lowest BCUT2D eigenvalue weighted by molar-refractivity contribution is -0.122. The highest BCUT2D eigenvalue weighted by molar-refractivity contribution is 6.11. The molecule has 0 spiro atoms. The van der Waals surface area contributed by atoms with Gasteiger partial charge in [-0.3, -0.25) is 14.4 Å². The van der Waals surface area contributed by atoms with Crippen LogP contribution in [0.2, 0.25) is 0 Å². The topological polar surface area (TPSA) is 69.7 Å². The minimum atomic E-state index is -0.410. The maximum absolute atomic E-state index is 13.5. The molecule has 0 aliphatic carbocycles. The van der Waals surface area contributed by atoms with E-state index in [0.717, 1.165) is 24.8 Å². The van der Waals surface area contributed by atoms with Crippen LogP contribution >= 0.6 is 0 Å². The lowest BCUT2D eigenvalue weighted by Crippen LogP contribution is -2.44. The molecule has 1 N–H and O–H groups in total. The Bertz CT molecular complexity index is 1260. The minimum absolute atomic E-state index is 0.0418. The largest absolute Gasteiger partial charge is 0.350 e. The molecule has 6 nitrogen and oxygen atoms in total. The van der Waals surface area contributed by atoms with E-state index in [9.17, 15) is 14.4 Å². The first-order valence-corrected chi connectivity index (χ1v) is 12.7. The average molecular weight is 482 g/mol. The Morgan fingerprint density at radius 3 is 2.44 bits per heavy atom. The summed E-state index contributed by atoms with van der Waals surface area (Å²) in [5, 5.41) is 3.08. The summed E-state index contributed by atoms with van der Waals surface area (Å²) in [6, 6.07) is 24.6. The van der Waals surface area contributed by atoms with Crippen molar-refractivity contribution in [2.75, 3.05) is 11.4 Å². The van der Waals surface area contributed by atoms with E-state index in [0.29, 0.717) is 36.3 Å². The molecular formula is C30H31N3O3. The van der Waals surface area contributed by atoms with Gasteiger partial charge in [0, 0.05) is 18.2 Å². The molecule has 1 fully saturated rings. The van der Waals surface area contributed by atoms with Crippen molar-refractivity contribution in [2.45, 2.75) is 51.2 Å². The molecule has 3 amide bonds. The maximum atomic E-state index is 13.5. The highest BCUT2D eigenvalue weighted by atomic mass is 16.2. The van der Waals surface area contributed by atoms with Crippen LogP contribution in [0.25, 0.3) is 0 Å². The van der Waals surface area contributed by atoms with Crippen LogP contribution in [0.5, 0.6) is 0 Å². The van der Waals surface area contributed by atoms with Crippen molar-refractivity contribution in [1.82, 2.24) is 10.2 Å². The van der Waals surface area contributed by atoms with Gasteiger partial charge in [0.25, 0.3) is 11.8 Å². The van der Waals surface area contributed by atoms with Gasteiger partial charge < -0.3 is 15.1 Å². The van der Waals surface area contributed by atoms with E-state index in [-0.39, 0.29) is 23.8 Å². The molecule has 184 valence electrons. The second-order valence-corrected chi connectivity index (χ2v) is 9.69. The molecule has 3 aromatic carbocycles. The normalized spacial score (nSPS) is 17.9. The van der Waals surface area contributed by atoms with Gasteiger partial charge in [-0.1, -0.05) is 54.6 Å². The second kappa shape index (κ2) is 10.4. The van der Waals surface area contributed by atoms with Gasteiger partial charge >= 0.3 is 0 Å². The van der Waals surface area contributed by atoms with Gasteiger partial charge in [-0.2, -0.15) is 0 Å². The van der Waals surface area contributed by atoms with E-state index in [4.69, 9.17) is 0 Å². The predicted molar refractivity (Wildman–Crippen MR) is 140 cm³/mol. The average Bonchev–Trinajstić information content (AvgIpc) is 3.38. The number of hydrogen-bond acceptors (Lipinski definition) is 3. The number of benzene rings is 3. The van der Waals surface area contributed by atoms with Crippen LogP contribution in [0, 0.1) is 0 Å². The number of aryl methyl sites for hydroxylation is 1. The number of fused-ring (bicyclic) bond motifs is 2. The van der Waals surface area contributed by atoms with Gasteiger partial charge in [0.15, 0.2) is 0 Å². The van der Waals surface area contributed by atoms with Gasteiger partial charge in [0.2, 0.25) is 5.91 Å². The van der Waals surface area contributed by atoms with Gasteiger partial charge in [0.05, 0.1) is 17.8 Å². The zero-order valence-corrected chi connectivity index (χ0v) is 20.5. The molecule has 0 radical (unpaired) electrons. The SMILES string of the molecule is C[C@@H](CCc1ccccc1)NC(=O)c1ccc(CN2C(=O)[C@@H]3CCCN3C(=O)c3ccccc32)cc1. The molecular weight excluding hydrogens is 450 g/mol. The number of rotatable bonds is 7. The molecule has 3 aromatic rings. The summed E-state index contributed by atoms with van der Waals surface area (Å²) in [6.07, 6.45) is 3.30. The van der Waals surface area contributed by atoms with Gasteiger partial charge in [-0.05, 0) is 68.0 Å². The molecule has 0 aromatic heterocycles.